The maximum Gasteiger partial charge on any atom is 0.342 e. The molecule has 0 aromatic heterocycles. The number of fused-ring (bicyclic) bond motifs is 1. The second kappa shape index (κ2) is 9.56. The lowest BCUT2D eigenvalue weighted by atomic mass is 9.90. The molecule has 162 valence electrons. The zero-order valence-electron chi connectivity index (χ0n) is 17.3. The van der Waals surface area contributed by atoms with Crippen LogP contribution in [0.25, 0.3) is 0 Å². The van der Waals surface area contributed by atoms with E-state index in [0.717, 1.165) is 0 Å². The number of nitrogens with one attached hydrogen (secondary N) is 1. The van der Waals surface area contributed by atoms with Crippen LogP contribution in [0.4, 0.5) is 0 Å². The van der Waals surface area contributed by atoms with Gasteiger partial charge in [-0.05, 0) is 29.9 Å². The molecular weight excluding hydrogens is 376 g/mol. The molecule has 1 heterocycles. The Balaban J connectivity index is 2.18. The molecule has 0 bridgehead atoms. The van der Waals surface area contributed by atoms with Gasteiger partial charge in [0.1, 0.15) is 23.5 Å². The SMILES string of the molecule is CC(C)C[C@H](NC(=O)[C@H](O)[C@H](O)[C@H](N)C(C)C)[C@H]1Cc2cccc(O)c2C(=O)O1. The minimum atomic E-state index is -1.70. The fraction of sp³-hybridized carbons (Fsp3) is 0.619. The van der Waals surface area contributed by atoms with Crippen molar-refractivity contribution in [1.82, 2.24) is 5.32 Å². The fourth-order valence-electron chi connectivity index (χ4n) is 3.51. The van der Waals surface area contributed by atoms with Gasteiger partial charge in [-0.2, -0.15) is 0 Å². The van der Waals surface area contributed by atoms with Crippen LogP contribution in [0.1, 0.15) is 50.0 Å². The fourth-order valence-corrected chi connectivity index (χ4v) is 3.51. The number of rotatable bonds is 8. The zero-order chi connectivity index (χ0) is 21.9. The summed E-state index contributed by atoms with van der Waals surface area (Å²) in [5.74, 6) is -1.51. The average molecular weight is 408 g/mol. The Morgan fingerprint density at radius 3 is 2.52 bits per heavy atom. The van der Waals surface area contributed by atoms with Crippen molar-refractivity contribution in [2.45, 2.75) is 70.9 Å². The van der Waals surface area contributed by atoms with Gasteiger partial charge in [-0.1, -0.05) is 39.8 Å². The van der Waals surface area contributed by atoms with E-state index in [1.807, 2.05) is 13.8 Å². The summed E-state index contributed by atoms with van der Waals surface area (Å²) in [6.45, 7) is 7.50. The molecule has 0 aliphatic carbocycles. The summed E-state index contributed by atoms with van der Waals surface area (Å²) in [5.41, 5.74) is 6.63. The Morgan fingerprint density at radius 1 is 1.28 bits per heavy atom. The predicted molar refractivity (Wildman–Crippen MR) is 107 cm³/mol. The lowest BCUT2D eigenvalue weighted by molar-refractivity contribution is -0.138. The third-order valence-corrected chi connectivity index (χ3v) is 5.27. The molecule has 0 unspecified atom stereocenters. The van der Waals surface area contributed by atoms with Gasteiger partial charge in [-0.25, -0.2) is 4.79 Å². The number of aromatic hydroxyl groups is 1. The van der Waals surface area contributed by atoms with Crippen molar-refractivity contribution in [3.8, 4) is 5.75 Å². The van der Waals surface area contributed by atoms with Crippen molar-refractivity contribution in [3.63, 3.8) is 0 Å². The number of aliphatic hydroxyl groups is 2. The van der Waals surface area contributed by atoms with Crippen LogP contribution in [0.2, 0.25) is 0 Å². The Labute approximate surface area is 171 Å². The molecule has 0 saturated carbocycles. The highest BCUT2D eigenvalue weighted by Gasteiger charge is 2.37. The number of cyclic esters (lactones) is 1. The van der Waals surface area contributed by atoms with Crippen molar-refractivity contribution in [1.29, 1.82) is 0 Å². The minimum absolute atomic E-state index is 0.123. The van der Waals surface area contributed by atoms with Crippen molar-refractivity contribution < 1.29 is 29.6 Å². The smallest absolute Gasteiger partial charge is 0.342 e. The van der Waals surface area contributed by atoms with E-state index in [9.17, 15) is 24.9 Å². The lowest BCUT2D eigenvalue weighted by Crippen LogP contribution is -2.56. The largest absolute Gasteiger partial charge is 0.507 e. The number of ether oxygens (including phenoxy) is 1. The third kappa shape index (κ3) is 5.46. The number of phenolic OH excluding ortho intramolecular Hbond substituents is 1. The molecule has 1 aliphatic heterocycles. The Kier molecular flexibility index (Phi) is 7.62. The van der Waals surface area contributed by atoms with Gasteiger partial charge in [-0.15, -0.1) is 0 Å². The standard InChI is InChI=1S/C21H32N2O6/c1-10(2)8-13(23-20(27)19(26)18(25)17(22)11(3)4)15-9-12-6-5-7-14(24)16(12)21(28)29-15/h5-7,10-11,13,15,17-19,24-26H,8-9,22H2,1-4H3,(H,23,27)/t13-,15+,17+,18+,19+/m0/s1. The topological polar surface area (TPSA) is 142 Å². The number of esters is 1. The first-order chi connectivity index (χ1) is 13.5. The van der Waals surface area contributed by atoms with Crippen LogP contribution in [0.3, 0.4) is 0 Å². The second-order valence-corrected chi connectivity index (χ2v) is 8.46. The van der Waals surface area contributed by atoms with E-state index >= 15 is 0 Å². The summed E-state index contributed by atoms with van der Waals surface area (Å²) in [6.07, 6.45) is -2.96. The van der Waals surface area contributed by atoms with Crippen molar-refractivity contribution >= 4 is 11.9 Å². The first-order valence-corrected chi connectivity index (χ1v) is 9.96. The molecule has 29 heavy (non-hydrogen) atoms. The maximum atomic E-state index is 12.6. The molecule has 1 aliphatic rings. The van der Waals surface area contributed by atoms with Crippen LogP contribution in [0.5, 0.6) is 5.75 Å². The Morgan fingerprint density at radius 2 is 1.93 bits per heavy atom. The first kappa shape index (κ1) is 23.1. The number of hydrogen-bond acceptors (Lipinski definition) is 7. The van der Waals surface area contributed by atoms with E-state index in [-0.39, 0.29) is 23.1 Å². The van der Waals surface area contributed by atoms with Gasteiger partial charge in [0.05, 0.1) is 6.04 Å². The van der Waals surface area contributed by atoms with Gasteiger partial charge in [0.25, 0.3) is 5.91 Å². The number of carbonyl (C=O) groups is 2. The molecule has 1 aromatic rings. The van der Waals surface area contributed by atoms with Gasteiger partial charge in [0.15, 0.2) is 6.10 Å². The lowest BCUT2D eigenvalue weighted by Gasteiger charge is -2.34. The molecule has 0 fully saturated rings. The number of amides is 1. The van der Waals surface area contributed by atoms with Crippen LogP contribution in [-0.4, -0.2) is 57.6 Å². The van der Waals surface area contributed by atoms with E-state index in [0.29, 0.717) is 18.4 Å². The monoisotopic (exact) mass is 408 g/mol. The maximum absolute atomic E-state index is 12.6. The highest BCUT2D eigenvalue weighted by molar-refractivity contribution is 5.95. The van der Waals surface area contributed by atoms with Gasteiger partial charge in [0.2, 0.25) is 0 Å². The van der Waals surface area contributed by atoms with Crippen molar-refractivity contribution in [2.75, 3.05) is 0 Å². The molecule has 0 saturated heterocycles. The Hall–Kier alpha value is -2.16. The predicted octanol–water partition coefficient (Wildman–Crippen LogP) is 0.710. The van der Waals surface area contributed by atoms with E-state index < -0.39 is 42.3 Å². The highest BCUT2D eigenvalue weighted by Crippen LogP contribution is 2.30. The number of carbonyl (C=O) groups excluding carboxylic acids is 2. The highest BCUT2D eigenvalue weighted by atomic mass is 16.5. The molecule has 8 heteroatoms. The van der Waals surface area contributed by atoms with E-state index in [4.69, 9.17) is 10.5 Å². The summed E-state index contributed by atoms with van der Waals surface area (Å²) in [4.78, 5) is 25.0. The van der Waals surface area contributed by atoms with Crippen LogP contribution in [0, 0.1) is 11.8 Å². The summed E-state index contributed by atoms with van der Waals surface area (Å²) in [5, 5.41) is 33.1. The minimum Gasteiger partial charge on any atom is -0.507 e. The van der Waals surface area contributed by atoms with Gasteiger partial charge in [-0.3, -0.25) is 4.79 Å². The van der Waals surface area contributed by atoms with E-state index in [2.05, 4.69) is 5.32 Å². The quantitative estimate of drug-likeness (QED) is 0.399. The summed E-state index contributed by atoms with van der Waals surface area (Å²) < 4.78 is 5.50. The van der Waals surface area contributed by atoms with E-state index in [1.54, 1.807) is 26.0 Å². The van der Waals surface area contributed by atoms with Gasteiger partial charge in [0, 0.05) is 12.5 Å². The zero-order valence-corrected chi connectivity index (χ0v) is 17.3. The number of benzene rings is 1. The first-order valence-electron chi connectivity index (χ1n) is 9.96. The van der Waals surface area contributed by atoms with Crippen LogP contribution >= 0.6 is 0 Å². The van der Waals surface area contributed by atoms with Crippen molar-refractivity contribution in [3.05, 3.63) is 29.3 Å². The number of nitrogens with two attached hydrogens (primary N) is 1. The van der Waals surface area contributed by atoms with Crippen molar-refractivity contribution in [2.24, 2.45) is 17.6 Å². The van der Waals surface area contributed by atoms with E-state index in [1.165, 1.54) is 6.07 Å². The summed E-state index contributed by atoms with van der Waals surface area (Å²) in [6, 6.07) is 3.47. The molecule has 5 atom stereocenters. The van der Waals surface area contributed by atoms with Crippen LogP contribution < -0.4 is 11.1 Å². The number of aliphatic hydroxyl groups excluding tert-OH is 2. The molecule has 1 aromatic carbocycles. The molecule has 0 spiro atoms. The molecule has 6 N–H and O–H groups in total. The molecule has 8 nitrogen and oxygen atoms in total. The molecule has 1 amide bonds. The summed E-state index contributed by atoms with van der Waals surface area (Å²) in [7, 11) is 0. The second-order valence-electron chi connectivity index (χ2n) is 8.46. The van der Waals surface area contributed by atoms with Crippen LogP contribution in [-0.2, 0) is 16.0 Å². The molecule has 0 radical (unpaired) electrons. The normalized spacial score (nSPS) is 20.6. The number of phenols is 1. The average Bonchev–Trinajstić information content (AvgIpc) is 2.64. The molecule has 2 rings (SSSR count). The van der Waals surface area contributed by atoms with Crippen LogP contribution in [0.15, 0.2) is 18.2 Å². The third-order valence-electron chi connectivity index (χ3n) is 5.27. The summed E-state index contributed by atoms with van der Waals surface area (Å²) >= 11 is 0. The number of hydrogen-bond donors (Lipinski definition) is 5. The van der Waals surface area contributed by atoms with Gasteiger partial charge >= 0.3 is 5.97 Å². The molecular formula is C21H32N2O6. The van der Waals surface area contributed by atoms with Gasteiger partial charge < -0.3 is 31.1 Å². The Bertz CT molecular complexity index is 736.